The van der Waals surface area contributed by atoms with Crippen LogP contribution in [0.5, 0.6) is 0 Å². The predicted molar refractivity (Wildman–Crippen MR) is 110 cm³/mol. The maximum absolute atomic E-state index is 13.2. The van der Waals surface area contributed by atoms with Crippen molar-refractivity contribution in [2.45, 2.75) is 18.1 Å². The van der Waals surface area contributed by atoms with Gasteiger partial charge in [-0.05, 0) is 41.1 Å². The van der Waals surface area contributed by atoms with Crippen LogP contribution in [0.25, 0.3) is 10.2 Å². The Morgan fingerprint density at radius 1 is 1.00 bits per heavy atom. The molecule has 2 aromatic carbocycles. The number of aromatic nitrogens is 2. The molecule has 2 aromatic heterocycles. The smallest absolute Gasteiger partial charge is 0.272 e. The molecule has 6 heteroatoms. The number of hydrogen-bond donors (Lipinski definition) is 0. The molecular formula is C21H17FN2OS2. The van der Waals surface area contributed by atoms with E-state index in [1.165, 1.54) is 29.0 Å². The maximum Gasteiger partial charge on any atom is 0.272 e. The fraction of sp³-hybridized carbons (Fsp3) is 0.143. The van der Waals surface area contributed by atoms with Crippen LogP contribution in [0.3, 0.4) is 0 Å². The zero-order valence-corrected chi connectivity index (χ0v) is 16.1. The first-order valence-corrected chi connectivity index (χ1v) is 10.5. The van der Waals surface area contributed by atoms with Crippen LogP contribution in [0.15, 0.2) is 76.0 Å². The molecule has 136 valence electrons. The Hall–Kier alpha value is -2.44. The van der Waals surface area contributed by atoms with Crippen molar-refractivity contribution in [1.82, 2.24) is 9.55 Å². The number of benzene rings is 2. The second-order valence-electron chi connectivity index (χ2n) is 6.13. The minimum atomic E-state index is -0.282. The second-order valence-corrected chi connectivity index (χ2v) is 8.11. The number of halogens is 1. The lowest BCUT2D eigenvalue weighted by molar-refractivity contribution is 0.623. The number of fused-ring (bicyclic) bond motifs is 1. The molecule has 2 heterocycles. The van der Waals surface area contributed by atoms with Crippen LogP contribution in [0.2, 0.25) is 0 Å². The average molecular weight is 397 g/mol. The van der Waals surface area contributed by atoms with E-state index in [1.54, 1.807) is 28.5 Å². The van der Waals surface area contributed by atoms with Gasteiger partial charge in [0, 0.05) is 5.75 Å². The number of aryl methyl sites for hydroxylation is 1. The zero-order chi connectivity index (χ0) is 18.6. The van der Waals surface area contributed by atoms with Crippen LogP contribution in [-0.4, -0.2) is 15.3 Å². The largest absolute Gasteiger partial charge is 0.282 e. The van der Waals surface area contributed by atoms with Crippen molar-refractivity contribution in [3.63, 3.8) is 0 Å². The Kier molecular flexibility index (Phi) is 5.36. The summed E-state index contributed by atoms with van der Waals surface area (Å²) < 4.78 is 15.5. The van der Waals surface area contributed by atoms with Crippen molar-refractivity contribution < 1.29 is 4.39 Å². The fourth-order valence-corrected chi connectivity index (χ4v) is 4.62. The summed E-state index contributed by atoms with van der Waals surface area (Å²) >= 11 is 2.98. The summed E-state index contributed by atoms with van der Waals surface area (Å²) in [5.74, 6) is 0.547. The number of thiophene rings is 1. The highest BCUT2D eigenvalue weighted by molar-refractivity contribution is 7.99. The van der Waals surface area contributed by atoms with Gasteiger partial charge in [-0.15, -0.1) is 11.3 Å². The molecule has 0 amide bonds. The van der Waals surface area contributed by atoms with E-state index < -0.39 is 0 Å². The molecule has 0 aliphatic rings. The van der Waals surface area contributed by atoms with E-state index in [9.17, 15) is 9.18 Å². The lowest BCUT2D eigenvalue weighted by Crippen LogP contribution is -2.23. The van der Waals surface area contributed by atoms with Gasteiger partial charge < -0.3 is 0 Å². The van der Waals surface area contributed by atoms with Crippen molar-refractivity contribution in [1.29, 1.82) is 0 Å². The van der Waals surface area contributed by atoms with Crippen LogP contribution in [0, 0.1) is 5.82 Å². The molecule has 0 bridgehead atoms. The van der Waals surface area contributed by atoms with Gasteiger partial charge >= 0.3 is 0 Å². The lowest BCUT2D eigenvalue weighted by Gasteiger charge is -2.12. The van der Waals surface area contributed by atoms with Crippen molar-refractivity contribution in [2.24, 2.45) is 0 Å². The van der Waals surface area contributed by atoms with Gasteiger partial charge in [-0.3, -0.25) is 9.36 Å². The monoisotopic (exact) mass is 396 g/mol. The van der Waals surface area contributed by atoms with Crippen molar-refractivity contribution in [3.05, 3.63) is 93.3 Å². The SMILES string of the molecule is O=c1c2sccc2nc(SCCc2ccccc2)n1Cc1ccc(F)cc1. The molecule has 0 aliphatic heterocycles. The molecule has 4 rings (SSSR count). The summed E-state index contributed by atoms with van der Waals surface area (Å²) in [7, 11) is 0. The Balaban J connectivity index is 1.63. The summed E-state index contributed by atoms with van der Waals surface area (Å²) in [6, 6.07) is 18.4. The Labute approximate surface area is 164 Å². The van der Waals surface area contributed by atoms with Gasteiger partial charge in [0.1, 0.15) is 10.5 Å². The predicted octanol–water partition coefficient (Wildman–Crippen LogP) is 4.98. The summed E-state index contributed by atoms with van der Waals surface area (Å²) in [5.41, 5.74) is 2.83. The van der Waals surface area contributed by atoms with Gasteiger partial charge in [-0.1, -0.05) is 54.2 Å². The van der Waals surface area contributed by atoms with Gasteiger partial charge in [0.2, 0.25) is 0 Å². The third-order valence-electron chi connectivity index (χ3n) is 4.25. The van der Waals surface area contributed by atoms with Gasteiger partial charge in [0.25, 0.3) is 5.56 Å². The molecule has 4 aromatic rings. The molecule has 0 spiro atoms. The molecule has 0 saturated carbocycles. The van der Waals surface area contributed by atoms with Gasteiger partial charge in [-0.2, -0.15) is 0 Å². The highest BCUT2D eigenvalue weighted by Gasteiger charge is 2.13. The Bertz CT molecular complexity index is 1100. The standard InChI is InChI=1S/C21H17FN2OS2/c22-17-8-6-16(7-9-17)14-24-20(25)19-18(11-13-26-19)23-21(24)27-12-10-15-4-2-1-3-5-15/h1-9,11,13H,10,12,14H2. The van der Waals surface area contributed by atoms with Crippen molar-refractivity contribution >= 4 is 33.3 Å². The molecular weight excluding hydrogens is 379 g/mol. The molecule has 0 atom stereocenters. The lowest BCUT2D eigenvalue weighted by atomic mass is 10.2. The van der Waals surface area contributed by atoms with Gasteiger partial charge in [0.15, 0.2) is 5.16 Å². The van der Waals surface area contributed by atoms with E-state index in [0.717, 1.165) is 23.3 Å². The van der Waals surface area contributed by atoms with Crippen molar-refractivity contribution in [2.75, 3.05) is 5.75 Å². The Morgan fingerprint density at radius 3 is 2.56 bits per heavy atom. The maximum atomic E-state index is 13.2. The Morgan fingerprint density at radius 2 is 1.78 bits per heavy atom. The summed E-state index contributed by atoms with van der Waals surface area (Å²) in [5, 5.41) is 2.59. The van der Waals surface area contributed by atoms with Gasteiger partial charge in [0.05, 0.1) is 12.1 Å². The first kappa shape index (κ1) is 17.9. The summed E-state index contributed by atoms with van der Waals surface area (Å²) in [4.78, 5) is 17.7. The first-order valence-electron chi connectivity index (χ1n) is 8.60. The third-order valence-corrected chi connectivity index (χ3v) is 6.12. The summed E-state index contributed by atoms with van der Waals surface area (Å²) in [6.07, 6.45) is 0.902. The van der Waals surface area contributed by atoms with Crippen LogP contribution in [0.1, 0.15) is 11.1 Å². The van der Waals surface area contributed by atoms with Gasteiger partial charge in [-0.25, -0.2) is 9.37 Å². The van der Waals surface area contributed by atoms with E-state index in [4.69, 9.17) is 4.98 Å². The highest BCUT2D eigenvalue weighted by Crippen LogP contribution is 2.22. The quantitative estimate of drug-likeness (QED) is 0.341. The first-order chi connectivity index (χ1) is 13.2. The molecule has 0 unspecified atom stereocenters. The second kappa shape index (κ2) is 8.06. The van der Waals surface area contributed by atoms with E-state index >= 15 is 0 Å². The third kappa shape index (κ3) is 4.12. The number of nitrogens with zero attached hydrogens (tertiary/aromatic N) is 2. The van der Waals surface area contributed by atoms with Crippen LogP contribution in [-0.2, 0) is 13.0 Å². The molecule has 0 fully saturated rings. The number of hydrogen-bond acceptors (Lipinski definition) is 4. The van der Waals surface area contributed by atoms with Crippen LogP contribution >= 0.6 is 23.1 Å². The minimum absolute atomic E-state index is 0.0402. The molecule has 0 radical (unpaired) electrons. The van der Waals surface area contributed by atoms with E-state index in [2.05, 4.69) is 12.1 Å². The normalized spacial score (nSPS) is 11.1. The molecule has 3 nitrogen and oxygen atoms in total. The molecule has 27 heavy (non-hydrogen) atoms. The summed E-state index contributed by atoms with van der Waals surface area (Å²) in [6.45, 7) is 0.383. The fourth-order valence-electron chi connectivity index (χ4n) is 2.85. The highest BCUT2D eigenvalue weighted by atomic mass is 32.2. The van der Waals surface area contributed by atoms with E-state index in [0.29, 0.717) is 16.4 Å². The number of rotatable bonds is 6. The molecule has 0 aliphatic carbocycles. The topological polar surface area (TPSA) is 34.9 Å². The van der Waals surface area contributed by atoms with E-state index in [1.807, 2.05) is 29.6 Å². The van der Waals surface area contributed by atoms with Crippen LogP contribution < -0.4 is 5.56 Å². The van der Waals surface area contributed by atoms with Crippen molar-refractivity contribution in [3.8, 4) is 0 Å². The molecule has 0 saturated heterocycles. The van der Waals surface area contributed by atoms with E-state index in [-0.39, 0.29) is 11.4 Å². The average Bonchev–Trinajstić information content (AvgIpc) is 3.16. The van der Waals surface area contributed by atoms with Crippen LogP contribution in [0.4, 0.5) is 4.39 Å². The number of thioether (sulfide) groups is 1. The minimum Gasteiger partial charge on any atom is -0.282 e. The zero-order valence-electron chi connectivity index (χ0n) is 14.5. The molecule has 0 N–H and O–H groups in total.